The van der Waals surface area contributed by atoms with Gasteiger partial charge in [-0.2, -0.15) is 0 Å². The van der Waals surface area contributed by atoms with Crippen molar-refractivity contribution >= 4 is 50.6 Å². The maximum Gasteiger partial charge on any atom is 0.234 e. The van der Waals surface area contributed by atoms with E-state index in [-0.39, 0.29) is 23.0 Å². The lowest BCUT2D eigenvalue weighted by atomic mass is 10.1. The van der Waals surface area contributed by atoms with Crippen molar-refractivity contribution in [3.05, 3.63) is 48.0 Å². The summed E-state index contributed by atoms with van der Waals surface area (Å²) in [5.41, 5.74) is 1.48. The van der Waals surface area contributed by atoms with Gasteiger partial charge in [0.2, 0.25) is 11.8 Å². The van der Waals surface area contributed by atoms with Crippen molar-refractivity contribution in [3.63, 3.8) is 0 Å². The molecule has 1 aliphatic rings. The molecule has 2 aromatic carbocycles. The second-order valence-corrected chi connectivity index (χ2v) is 10.1. The van der Waals surface area contributed by atoms with Crippen molar-refractivity contribution in [2.75, 3.05) is 16.4 Å². The van der Waals surface area contributed by atoms with Crippen molar-refractivity contribution in [2.24, 2.45) is 0 Å². The maximum absolute atomic E-state index is 12.9. The lowest BCUT2D eigenvalue weighted by Crippen LogP contribution is -2.25. The molecule has 2 amide bonds. The molecule has 152 valence electrons. The Kier molecular flexibility index (Phi) is 6.09. The Morgan fingerprint density at radius 2 is 1.86 bits per heavy atom. The van der Waals surface area contributed by atoms with Gasteiger partial charge in [0.1, 0.15) is 0 Å². The van der Waals surface area contributed by atoms with Crippen LogP contribution in [0.3, 0.4) is 0 Å². The zero-order chi connectivity index (χ0) is 21.2. The van der Waals surface area contributed by atoms with Gasteiger partial charge in [-0.25, -0.2) is 8.42 Å². The van der Waals surface area contributed by atoms with Crippen molar-refractivity contribution in [1.82, 2.24) is 0 Å². The number of carbonyl (C=O) groups is 3. The third kappa shape index (κ3) is 4.86. The highest BCUT2D eigenvalue weighted by molar-refractivity contribution is 8.00. The van der Waals surface area contributed by atoms with Gasteiger partial charge in [0.15, 0.2) is 15.6 Å². The van der Waals surface area contributed by atoms with Crippen molar-refractivity contribution < 1.29 is 22.8 Å². The summed E-state index contributed by atoms with van der Waals surface area (Å²) in [4.78, 5) is 36.0. The number of nitrogens with one attached hydrogen (secondary N) is 2. The zero-order valence-corrected chi connectivity index (χ0v) is 17.5. The number of hydrogen-bond donors (Lipinski definition) is 2. The smallest absolute Gasteiger partial charge is 0.234 e. The van der Waals surface area contributed by atoms with E-state index >= 15 is 0 Å². The number of anilines is 2. The quantitative estimate of drug-likeness (QED) is 0.679. The Morgan fingerprint density at radius 3 is 2.52 bits per heavy atom. The minimum atomic E-state index is -3.76. The average molecular weight is 433 g/mol. The van der Waals surface area contributed by atoms with Crippen LogP contribution in [0.25, 0.3) is 0 Å². The number of sulfone groups is 1. The van der Waals surface area contributed by atoms with Crippen LogP contribution in [0.2, 0.25) is 0 Å². The first-order valence-electron chi connectivity index (χ1n) is 8.88. The molecule has 1 unspecified atom stereocenters. The first kappa shape index (κ1) is 21.1. The number of carbonyl (C=O) groups excluding carboxylic acids is 3. The zero-order valence-electron chi connectivity index (χ0n) is 15.9. The number of Topliss-reactive ketones (excluding diaryl/α,β-unsaturated/α-hetero) is 1. The first-order chi connectivity index (χ1) is 13.7. The lowest BCUT2D eigenvalue weighted by molar-refractivity contribution is -0.116. The number of rotatable bonds is 6. The molecule has 1 atom stereocenters. The van der Waals surface area contributed by atoms with Gasteiger partial charge in [-0.3, -0.25) is 14.4 Å². The molecule has 1 aliphatic heterocycles. The van der Waals surface area contributed by atoms with E-state index in [0.717, 1.165) is 4.90 Å². The highest BCUT2D eigenvalue weighted by Crippen LogP contribution is 2.34. The summed E-state index contributed by atoms with van der Waals surface area (Å²) in [7, 11) is -3.76. The molecule has 0 fully saturated rings. The van der Waals surface area contributed by atoms with E-state index in [1.54, 1.807) is 30.3 Å². The Labute approximate surface area is 173 Å². The normalized spacial score (nSPS) is 14.5. The topological polar surface area (TPSA) is 109 Å². The second-order valence-electron chi connectivity index (χ2n) is 6.74. The molecule has 0 saturated heterocycles. The van der Waals surface area contributed by atoms with E-state index in [1.165, 1.54) is 37.7 Å². The molecule has 0 radical (unpaired) electrons. The number of amides is 2. The third-order valence-electron chi connectivity index (χ3n) is 4.49. The number of benzene rings is 2. The van der Waals surface area contributed by atoms with E-state index in [1.807, 2.05) is 0 Å². The van der Waals surface area contributed by atoms with Crippen LogP contribution in [-0.4, -0.2) is 37.0 Å². The molecule has 2 aromatic rings. The fraction of sp³-hybridized carbons (Fsp3) is 0.250. The Balaban J connectivity index is 1.69. The summed E-state index contributed by atoms with van der Waals surface area (Å²) < 4.78 is 25.7. The summed E-state index contributed by atoms with van der Waals surface area (Å²) in [5, 5.41) is 4.36. The average Bonchev–Trinajstić information content (AvgIpc) is 2.67. The van der Waals surface area contributed by atoms with Gasteiger partial charge in [0, 0.05) is 22.6 Å². The molecule has 7 nitrogen and oxygen atoms in total. The van der Waals surface area contributed by atoms with Crippen LogP contribution >= 0.6 is 11.8 Å². The summed E-state index contributed by atoms with van der Waals surface area (Å²) in [6, 6.07) is 11.0. The summed E-state index contributed by atoms with van der Waals surface area (Å²) in [5.74, 6) is -0.413. The third-order valence-corrected chi connectivity index (χ3v) is 7.70. The Morgan fingerprint density at radius 1 is 1.17 bits per heavy atom. The van der Waals surface area contributed by atoms with Crippen LogP contribution in [0.5, 0.6) is 0 Å². The fourth-order valence-electron chi connectivity index (χ4n) is 2.84. The van der Waals surface area contributed by atoms with E-state index < -0.39 is 21.0 Å². The predicted octanol–water partition coefficient (Wildman–Crippen LogP) is 3.12. The maximum atomic E-state index is 12.9. The molecule has 0 saturated carbocycles. The van der Waals surface area contributed by atoms with Gasteiger partial charge in [-0.15, -0.1) is 11.8 Å². The number of ketones is 1. The van der Waals surface area contributed by atoms with Crippen LogP contribution in [-0.2, 0) is 19.4 Å². The van der Waals surface area contributed by atoms with Crippen molar-refractivity contribution in [2.45, 2.75) is 35.3 Å². The van der Waals surface area contributed by atoms with Crippen LogP contribution < -0.4 is 10.6 Å². The van der Waals surface area contributed by atoms with Crippen LogP contribution in [0.4, 0.5) is 11.4 Å². The second kappa shape index (κ2) is 8.38. The molecule has 0 bridgehead atoms. The molecule has 0 aromatic heterocycles. The molecule has 1 heterocycles. The number of hydrogen-bond acceptors (Lipinski definition) is 6. The first-order valence-corrected chi connectivity index (χ1v) is 11.4. The predicted molar refractivity (Wildman–Crippen MR) is 112 cm³/mol. The standard InChI is InChI=1S/C20H20N2O5S2/c1-12(9-19(24)21-15-5-3-14(4-6-15)13(2)23)29(26,27)16-7-8-18-17(10-16)22-20(25)11-28-18/h3-8,10,12H,9,11H2,1-2H3,(H,21,24)(H,22,25). The van der Waals surface area contributed by atoms with Crippen molar-refractivity contribution in [1.29, 1.82) is 0 Å². The molecule has 3 rings (SSSR count). The van der Waals surface area contributed by atoms with Crippen LogP contribution in [0, 0.1) is 0 Å². The van der Waals surface area contributed by atoms with E-state index in [2.05, 4.69) is 10.6 Å². The summed E-state index contributed by atoms with van der Waals surface area (Å²) in [6.07, 6.45) is -0.227. The van der Waals surface area contributed by atoms with Gasteiger partial charge >= 0.3 is 0 Å². The fourth-order valence-corrected chi connectivity index (χ4v) is 5.01. The van der Waals surface area contributed by atoms with E-state index in [4.69, 9.17) is 0 Å². The molecular formula is C20H20N2O5S2. The van der Waals surface area contributed by atoms with Crippen LogP contribution in [0.15, 0.2) is 52.3 Å². The SMILES string of the molecule is CC(=O)c1ccc(NC(=O)CC(C)S(=O)(=O)c2ccc3c(c2)NC(=O)CS3)cc1. The Bertz CT molecular complexity index is 1080. The lowest BCUT2D eigenvalue weighted by Gasteiger charge is -2.18. The van der Waals surface area contributed by atoms with Gasteiger partial charge in [-0.1, -0.05) is 0 Å². The van der Waals surface area contributed by atoms with Gasteiger partial charge in [0.05, 0.1) is 21.6 Å². The molecule has 0 aliphatic carbocycles. The summed E-state index contributed by atoms with van der Waals surface area (Å²) >= 11 is 1.35. The molecule has 29 heavy (non-hydrogen) atoms. The van der Waals surface area contributed by atoms with Gasteiger partial charge < -0.3 is 10.6 Å². The monoisotopic (exact) mass is 432 g/mol. The largest absolute Gasteiger partial charge is 0.326 e. The molecule has 0 spiro atoms. The minimum Gasteiger partial charge on any atom is -0.326 e. The van der Waals surface area contributed by atoms with Gasteiger partial charge in [-0.05, 0) is 56.3 Å². The van der Waals surface area contributed by atoms with Crippen LogP contribution in [0.1, 0.15) is 30.6 Å². The number of fused-ring (bicyclic) bond motifs is 1. The highest BCUT2D eigenvalue weighted by Gasteiger charge is 2.27. The molecule has 9 heteroatoms. The molecular weight excluding hydrogens is 412 g/mol. The Hall–Kier alpha value is -2.65. The van der Waals surface area contributed by atoms with E-state index in [9.17, 15) is 22.8 Å². The highest BCUT2D eigenvalue weighted by atomic mass is 32.2. The van der Waals surface area contributed by atoms with E-state index in [0.29, 0.717) is 22.7 Å². The van der Waals surface area contributed by atoms with Crippen molar-refractivity contribution in [3.8, 4) is 0 Å². The number of thioether (sulfide) groups is 1. The summed E-state index contributed by atoms with van der Waals surface area (Å²) in [6.45, 7) is 2.92. The molecule has 2 N–H and O–H groups in total. The minimum absolute atomic E-state index is 0.0603. The van der Waals surface area contributed by atoms with Gasteiger partial charge in [0.25, 0.3) is 0 Å².